The first-order valence-corrected chi connectivity index (χ1v) is 17.7. The second kappa shape index (κ2) is 12.0. The Balaban J connectivity index is 1.26. The van der Waals surface area contributed by atoms with Crippen LogP contribution in [-0.2, 0) is 45.7 Å². The van der Waals surface area contributed by atoms with Gasteiger partial charge in [0.15, 0.2) is 9.84 Å². The third-order valence-electron chi connectivity index (χ3n) is 7.63. The minimum atomic E-state index is -4.35. The Bertz CT molecular complexity index is 1990. The molecule has 3 N–H and O–H groups in total. The van der Waals surface area contributed by atoms with Gasteiger partial charge >= 0.3 is 10.1 Å². The number of carbonyl (C=O) groups excluding carboxylic acids is 1. The van der Waals surface area contributed by atoms with Crippen LogP contribution in [0.25, 0.3) is 10.2 Å². The van der Waals surface area contributed by atoms with Crippen LogP contribution in [0.2, 0.25) is 0 Å². The van der Waals surface area contributed by atoms with Gasteiger partial charge in [0.25, 0.3) is 5.91 Å². The molecule has 10 nitrogen and oxygen atoms in total. The lowest BCUT2D eigenvalue weighted by atomic mass is 9.89. The molecule has 1 amide bonds. The van der Waals surface area contributed by atoms with Crippen molar-refractivity contribution >= 4 is 47.4 Å². The lowest BCUT2D eigenvalue weighted by molar-refractivity contribution is -0.129. The van der Waals surface area contributed by atoms with E-state index in [0.717, 1.165) is 33.2 Å². The average molecular weight is 654 g/mol. The molecule has 1 saturated heterocycles. The molecule has 2 heterocycles. The molecule has 0 spiro atoms. The SMILES string of the molecule is Cc1ccc(S(=O)(=O)ONC(=O)C(C)(CCc2nc3ccc(C#Cc4ccc(C5(N)COC5)cc4)cc3s2)S(C)(=O)=O)cc1. The molecule has 44 heavy (non-hydrogen) atoms. The van der Waals surface area contributed by atoms with Gasteiger partial charge in [-0.05, 0) is 68.3 Å². The number of amides is 1. The molecule has 4 aromatic rings. The molecule has 0 bridgehead atoms. The smallest absolute Gasteiger partial charge is 0.317 e. The molecule has 0 radical (unpaired) electrons. The van der Waals surface area contributed by atoms with Gasteiger partial charge in [0, 0.05) is 23.8 Å². The summed E-state index contributed by atoms with van der Waals surface area (Å²) >= 11 is 1.37. The van der Waals surface area contributed by atoms with E-state index in [1.165, 1.54) is 30.4 Å². The summed E-state index contributed by atoms with van der Waals surface area (Å²) in [5.41, 5.74) is 11.9. The fraction of sp³-hybridized carbons (Fsp3) is 0.290. The Morgan fingerprint density at radius 3 is 2.30 bits per heavy atom. The highest BCUT2D eigenvalue weighted by atomic mass is 32.2. The number of aryl methyl sites for hydroxylation is 2. The second-order valence-corrected chi connectivity index (χ2v) is 16.2. The lowest BCUT2D eigenvalue weighted by Crippen LogP contribution is -2.54. The van der Waals surface area contributed by atoms with Crippen molar-refractivity contribution in [2.24, 2.45) is 5.73 Å². The number of aromatic nitrogens is 1. The Hall–Kier alpha value is -3.64. The summed E-state index contributed by atoms with van der Waals surface area (Å²) in [5.74, 6) is 5.22. The number of benzene rings is 3. The molecule has 0 saturated carbocycles. The third-order valence-corrected chi connectivity index (χ3v) is 11.9. The molecule has 13 heteroatoms. The van der Waals surface area contributed by atoms with Gasteiger partial charge in [0.05, 0.1) is 38.9 Å². The number of hydrogen-bond donors (Lipinski definition) is 2. The number of nitrogens with one attached hydrogen (secondary N) is 1. The van der Waals surface area contributed by atoms with Crippen molar-refractivity contribution in [2.75, 3.05) is 19.5 Å². The van der Waals surface area contributed by atoms with Crippen molar-refractivity contribution in [3.63, 3.8) is 0 Å². The zero-order chi connectivity index (χ0) is 31.8. The number of hydroxylamine groups is 1. The molecule has 1 unspecified atom stereocenters. The summed E-state index contributed by atoms with van der Waals surface area (Å²) in [4.78, 5) is 17.4. The third kappa shape index (κ3) is 6.71. The maximum Gasteiger partial charge on any atom is 0.317 e. The minimum absolute atomic E-state index is 0.149. The lowest BCUT2D eigenvalue weighted by Gasteiger charge is -2.38. The molecule has 5 rings (SSSR count). The van der Waals surface area contributed by atoms with Crippen molar-refractivity contribution in [3.8, 4) is 11.8 Å². The number of thiazole rings is 1. The molecule has 1 aliphatic rings. The number of nitrogens with two attached hydrogens (primary N) is 1. The van der Waals surface area contributed by atoms with Gasteiger partial charge in [-0.25, -0.2) is 18.9 Å². The molecule has 3 aromatic carbocycles. The van der Waals surface area contributed by atoms with Crippen LogP contribution in [0, 0.1) is 18.8 Å². The first-order chi connectivity index (χ1) is 20.7. The standard InChI is InChI=1S/C31H31N3O7S3/c1-21-4-13-25(14-5-21)44(38,39)41-34-29(35)30(2,43(3,36)37)17-16-28-33-26-15-10-23(18-27(26)42-28)7-6-22-8-11-24(12-9-22)31(32)19-40-20-31/h4-5,8-15,18H,16-17,19-20,32H2,1-3H3,(H,34,35). The zero-order valence-electron chi connectivity index (χ0n) is 24.3. The monoisotopic (exact) mass is 653 g/mol. The number of nitrogens with zero attached hydrogens (tertiary/aromatic N) is 1. The zero-order valence-corrected chi connectivity index (χ0v) is 26.7. The van der Waals surface area contributed by atoms with Gasteiger partial charge in [0.1, 0.15) is 4.75 Å². The van der Waals surface area contributed by atoms with Crippen molar-refractivity contribution in [1.29, 1.82) is 0 Å². The minimum Gasteiger partial charge on any atom is -0.377 e. The Morgan fingerprint density at radius 2 is 1.68 bits per heavy atom. The highest BCUT2D eigenvalue weighted by Crippen LogP contribution is 2.29. The van der Waals surface area contributed by atoms with Crippen LogP contribution in [0.5, 0.6) is 0 Å². The summed E-state index contributed by atoms with van der Waals surface area (Å²) in [6.45, 7) is 4.03. The maximum absolute atomic E-state index is 13.0. The maximum atomic E-state index is 13.0. The second-order valence-electron chi connectivity index (χ2n) is 11.1. The fourth-order valence-corrected chi connectivity index (χ4v) is 7.05. The van der Waals surface area contributed by atoms with E-state index in [1.807, 2.05) is 47.9 Å². The molecular weight excluding hydrogens is 623 g/mol. The van der Waals surface area contributed by atoms with E-state index in [9.17, 15) is 21.6 Å². The molecule has 1 atom stereocenters. The van der Waals surface area contributed by atoms with Crippen molar-refractivity contribution in [3.05, 3.63) is 94.0 Å². The van der Waals surface area contributed by atoms with Gasteiger partial charge in [-0.1, -0.05) is 41.7 Å². The van der Waals surface area contributed by atoms with E-state index in [2.05, 4.69) is 16.8 Å². The van der Waals surface area contributed by atoms with E-state index in [0.29, 0.717) is 23.7 Å². The average Bonchev–Trinajstić information content (AvgIpc) is 3.38. The molecule has 1 aliphatic heterocycles. The number of ether oxygens (including phenoxy) is 1. The van der Waals surface area contributed by atoms with Crippen molar-refractivity contribution in [2.45, 2.75) is 41.9 Å². The van der Waals surface area contributed by atoms with Gasteiger partial charge in [-0.15, -0.1) is 15.6 Å². The van der Waals surface area contributed by atoms with Crippen molar-refractivity contribution < 1.29 is 30.7 Å². The quantitative estimate of drug-likeness (QED) is 0.204. The summed E-state index contributed by atoms with van der Waals surface area (Å²) in [7, 11) is -8.35. The van der Waals surface area contributed by atoms with Crippen LogP contribution in [0.4, 0.5) is 0 Å². The van der Waals surface area contributed by atoms with E-state index >= 15 is 0 Å². The predicted molar refractivity (Wildman–Crippen MR) is 168 cm³/mol. The van der Waals surface area contributed by atoms with Gasteiger partial charge < -0.3 is 10.5 Å². The predicted octanol–water partition coefficient (Wildman–Crippen LogP) is 3.36. The first-order valence-electron chi connectivity index (χ1n) is 13.6. The van der Waals surface area contributed by atoms with E-state index < -0.39 is 36.1 Å². The van der Waals surface area contributed by atoms with Gasteiger partial charge in [-0.2, -0.15) is 8.42 Å². The number of hydrogen-bond acceptors (Lipinski definition) is 10. The summed E-state index contributed by atoms with van der Waals surface area (Å²) in [6, 6.07) is 19.2. The van der Waals surface area contributed by atoms with Crippen molar-refractivity contribution in [1.82, 2.24) is 10.5 Å². The van der Waals surface area contributed by atoms with E-state index in [4.69, 9.17) is 14.8 Å². The largest absolute Gasteiger partial charge is 0.377 e. The summed E-state index contributed by atoms with van der Waals surface area (Å²) in [5, 5.41) is 0.618. The number of fused-ring (bicyclic) bond motifs is 1. The Labute approximate surface area is 260 Å². The number of rotatable bonds is 9. The Kier molecular flexibility index (Phi) is 8.69. The molecular formula is C31H31N3O7S3. The van der Waals surface area contributed by atoms with Gasteiger partial charge in [-0.3, -0.25) is 4.79 Å². The van der Waals surface area contributed by atoms with Crippen LogP contribution in [0.1, 0.15) is 40.6 Å². The van der Waals surface area contributed by atoms with Crippen LogP contribution >= 0.6 is 11.3 Å². The molecule has 230 valence electrons. The molecule has 1 aromatic heterocycles. The first kappa shape index (κ1) is 31.8. The van der Waals surface area contributed by atoms with E-state index in [-0.39, 0.29) is 17.7 Å². The summed E-state index contributed by atoms with van der Waals surface area (Å²) in [6.07, 6.45) is 0.931. The summed E-state index contributed by atoms with van der Waals surface area (Å²) < 4.78 is 59.3. The highest BCUT2D eigenvalue weighted by Gasteiger charge is 2.44. The van der Waals surface area contributed by atoms with Crippen LogP contribution in [-0.4, -0.2) is 51.9 Å². The fourth-order valence-electron chi connectivity index (χ4n) is 4.44. The molecule has 1 fully saturated rings. The topological polar surface area (TPSA) is 155 Å². The van der Waals surface area contributed by atoms with Crippen LogP contribution < -0.4 is 11.2 Å². The number of carbonyl (C=O) groups is 1. The van der Waals surface area contributed by atoms with Gasteiger partial charge in [0.2, 0.25) is 0 Å². The van der Waals surface area contributed by atoms with Crippen LogP contribution in [0.15, 0.2) is 71.6 Å². The van der Waals surface area contributed by atoms with Crippen LogP contribution in [0.3, 0.4) is 0 Å². The van der Waals surface area contributed by atoms with E-state index in [1.54, 1.807) is 19.1 Å². The highest BCUT2D eigenvalue weighted by molar-refractivity contribution is 7.92. The number of sulfone groups is 1. The molecule has 0 aliphatic carbocycles. The normalized spacial score (nSPS) is 15.9. The Morgan fingerprint density at radius 1 is 1.05 bits per heavy atom.